The van der Waals surface area contributed by atoms with E-state index in [9.17, 15) is 9.59 Å². The van der Waals surface area contributed by atoms with E-state index in [0.29, 0.717) is 12.3 Å². The van der Waals surface area contributed by atoms with Crippen LogP contribution in [0.15, 0.2) is 22.8 Å². The van der Waals surface area contributed by atoms with E-state index in [2.05, 4.69) is 15.4 Å². The number of hydrogen-bond donors (Lipinski definition) is 1. The summed E-state index contributed by atoms with van der Waals surface area (Å²) in [5, 5.41) is 20.2. The molecule has 9 heteroatoms. The molecule has 0 fully saturated rings. The van der Waals surface area contributed by atoms with Gasteiger partial charge in [0, 0.05) is 6.54 Å². The number of carboxylic acid groups (broad SMARTS) is 1. The molecule has 0 saturated carbocycles. The molecule has 106 valence electrons. The Hall–Kier alpha value is -2.71. The Labute approximate surface area is 113 Å². The molecule has 2 rings (SSSR count). The maximum atomic E-state index is 11.9. The Morgan fingerprint density at radius 1 is 1.50 bits per heavy atom. The molecule has 0 unspecified atom stereocenters. The second kappa shape index (κ2) is 5.95. The monoisotopic (exact) mass is 279 g/mol. The van der Waals surface area contributed by atoms with Crippen LogP contribution in [0.25, 0.3) is 11.6 Å². The maximum absolute atomic E-state index is 11.9. The first-order chi connectivity index (χ1) is 9.60. The summed E-state index contributed by atoms with van der Waals surface area (Å²) in [5.41, 5.74) is 0. The Bertz CT molecular complexity index is 592. The van der Waals surface area contributed by atoms with E-state index < -0.39 is 11.9 Å². The standard InChI is InChI=1S/C11H13N5O4/c1-2-15(7-10(18)19)9(17)6-16-13-11(12-14-16)8-4-3-5-20-8/h3-5H,2,6-7H2,1H3,(H,18,19). The van der Waals surface area contributed by atoms with Crippen LogP contribution >= 0.6 is 0 Å². The molecule has 9 nitrogen and oxygen atoms in total. The van der Waals surface area contributed by atoms with Gasteiger partial charge < -0.3 is 14.4 Å². The van der Waals surface area contributed by atoms with E-state index in [-0.39, 0.29) is 18.9 Å². The highest BCUT2D eigenvalue weighted by Gasteiger charge is 2.17. The van der Waals surface area contributed by atoms with Crippen molar-refractivity contribution >= 4 is 11.9 Å². The van der Waals surface area contributed by atoms with Gasteiger partial charge in [-0.1, -0.05) is 0 Å². The van der Waals surface area contributed by atoms with Crippen molar-refractivity contribution < 1.29 is 19.1 Å². The van der Waals surface area contributed by atoms with E-state index in [4.69, 9.17) is 9.52 Å². The highest BCUT2D eigenvalue weighted by Crippen LogP contribution is 2.12. The Morgan fingerprint density at radius 3 is 2.90 bits per heavy atom. The average molecular weight is 279 g/mol. The molecule has 0 saturated heterocycles. The number of hydrogen-bond acceptors (Lipinski definition) is 6. The number of rotatable bonds is 6. The van der Waals surface area contributed by atoms with Crippen molar-refractivity contribution in [1.29, 1.82) is 0 Å². The first kappa shape index (κ1) is 13.7. The predicted molar refractivity (Wildman–Crippen MR) is 65.4 cm³/mol. The first-order valence-electron chi connectivity index (χ1n) is 5.91. The van der Waals surface area contributed by atoms with Crippen molar-refractivity contribution in [1.82, 2.24) is 25.1 Å². The van der Waals surface area contributed by atoms with E-state index in [1.54, 1.807) is 19.1 Å². The summed E-state index contributed by atoms with van der Waals surface area (Å²) in [6, 6.07) is 3.36. The summed E-state index contributed by atoms with van der Waals surface area (Å²) < 4.78 is 5.11. The normalized spacial score (nSPS) is 10.4. The zero-order chi connectivity index (χ0) is 14.5. The van der Waals surface area contributed by atoms with Gasteiger partial charge in [-0.2, -0.15) is 4.80 Å². The lowest BCUT2D eigenvalue weighted by molar-refractivity contribution is -0.144. The van der Waals surface area contributed by atoms with Gasteiger partial charge in [0.05, 0.1) is 6.26 Å². The molecule has 0 bridgehead atoms. The molecule has 1 N–H and O–H groups in total. The molecular formula is C11H13N5O4. The van der Waals surface area contributed by atoms with Gasteiger partial charge in [0.2, 0.25) is 11.7 Å². The van der Waals surface area contributed by atoms with Crippen molar-refractivity contribution in [2.45, 2.75) is 13.5 Å². The van der Waals surface area contributed by atoms with Gasteiger partial charge in [0.15, 0.2) is 5.76 Å². The minimum atomic E-state index is -1.07. The summed E-state index contributed by atoms with van der Waals surface area (Å²) in [5.74, 6) is -0.744. The molecule has 0 aliphatic rings. The van der Waals surface area contributed by atoms with Gasteiger partial charge in [0.1, 0.15) is 13.1 Å². The zero-order valence-corrected chi connectivity index (χ0v) is 10.8. The van der Waals surface area contributed by atoms with Crippen LogP contribution in [-0.4, -0.2) is 55.2 Å². The minimum absolute atomic E-state index is 0.172. The smallest absolute Gasteiger partial charge is 0.323 e. The number of tetrazole rings is 1. The lowest BCUT2D eigenvalue weighted by atomic mass is 10.4. The van der Waals surface area contributed by atoms with Crippen LogP contribution in [0.2, 0.25) is 0 Å². The molecule has 20 heavy (non-hydrogen) atoms. The van der Waals surface area contributed by atoms with Crippen LogP contribution in [0.1, 0.15) is 6.92 Å². The van der Waals surface area contributed by atoms with Crippen molar-refractivity contribution in [2.75, 3.05) is 13.1 Å². The summed E-state index contributed by atoms with van der Waals surface area (Å²) in [7, 11) is 0. The lowest BCUT2D eigenvalue weighted by Crippen LogP contribution is -2.38. The van der Waals surface area contributed by atoms with E-state index >= 15 is 0 Å². The molecule has 2 aromatic heterocycles. The van der Waals surface area contributed by atoms with Gasteiger partial charge in [0.25, 0.3) is 0 Å². The number of likely N-dealkylation sites (N-methyl/N-ethyl adjacent to an activating group) is 1. The predicted octanol–water partition coefficient (Wildman–Crippen LogP) is -0.134. The molecular weight excluding hydrogens is 266 g/mol. The van der Waals surface area contributed by atoms with Crippen molar-refractivity contribution in [3.8, 4) is 11.6 Å². The number of carbonyl (C=O) groups excluding carboxylic acids is 1. The second-order valence-electron chi connectivity index (χ2n) is 3.92. The highest BCUT2D eigenvalue weighted by molar-refractivity contribution is 5.81. The molecule has 0 atom stereocenters. The quantitative estimate of drug-likeness (QED) is 0.782. The number of amides is 1. The van der Waals surface area contributed by atoms with Gasteiger partial charge >= 0.3 is 5.97 Å². The first-order valence-corrected chi connectivity index (χ1v) is 5.91. The number of furan rings is 1. The van der Waals surface area contributed by atoms with E-state index in [1.807, 2.05) is 0 Å². The van der Waals surface area contributed by atoms with Crippen molar-refractivity contribution in [3.63, 3.8) is 0 Å². The van der Waals surface area contributed by atoms with Crippen LogP contribution < -0.4 is 0 Å². The maximum Gasteiger partial charge on any atom is 0.323 e. The van der Waals surface area contributed by atoms with Crippen LogP contribution in [0, 0.1) is 0 Å². The molecule has 0 aromatic carbocycles. The van der Waals surface area contributed by atoms with Crippen LogP contribution in [0.5, 0.6) is 0 Å². The summed E-state index contributed by atoms with van der Waals surface area (Å²) >= 11 is 0. The van der Waals surface area contributed by atoms with Crippen molar-refractivity contribution in [3.05, 3.63) is 18.4 Å². The summed E-state index contributed by atoms with van der Waals surface area (Å²) in [4.78, 5) is 24.8. The fourth-order valence-electron chi connectivity index (χ4n) is 1.58. The SMILES string of the molecule is CCN(CC(=O)O)C(=O)Cn1nnc(-c2ccco2)n1. The van der Waals surface area contributed by atoms with Crippen LogP contribution in [0.3, 0.4) is 0 Å². The largest absolute Gasteiger partial charge is 0.480 e. The molecule has 2 heterocycles. The number of nitrogens with zero attached hydrogens (tertiary/aromatic N) is 5. The Balaban J connectivity index is 2.02. The second-order valence-corrected chi connectivity index (χ2v) is 3.92. The van der Waals surface area contributed by atoms with Crippen molar-refractivity contribution in [2.24, 2.45) is 0 Å². The topological polar surface area (TPSA) is 114 Å². The summed E-state index contributed by atoms with van der Waals surface area (Å²) in [6.45, 7) is 1.47. The molecule has 1 amide bonds. The van der Waals surface area contributed by atoms with Gasteiger partial charge in [-0.05, 0) is 24.3 Å². The molecule has 0 aliphatic heterocycles. The Kier molecular flexibility index (Phi) is 4.08. The molecule has 0 radical (unpaired) electrons. The average Bonchev–Trinajstić information content (AvgIpc) is 3.05. The lowest BCUT2D eigenvalue weighted by Gasteiger charge is -2.17. The van der Waals surface area contributed by atoms with E-state index in [0.717, 1.165) is 4.80 Å². The van der Waals surface area contributed by atoms with E-state index in [1.165, 1.54) is 11.2 Å². The number of aromatic nitrogens is 4. The van der Waals surface area contributed by atoms with Crippen LogP contribution in [-0.2, 0) is 16.1 Å². The molecule has 2 aromatic rings. The van der Waals surface area contributed by atoms with Gasteiger partial charge in [-0.3, -0.25) is 9.59 Å². The Morgan fingerprint density at radius 2 is 2.30 bits per heavy atom. The van der Waals surface area contributed by atoms with Gasteiger partial charge in [-0.15, -0.1) is 10.2 Å². The molecule has 0 aliphatic carbocycles. The fourth-order valence-corrected chi connectivity index (χ4v) is 1.58. The summed E-state index contributed by atoms with van der Waals surface area (Å²) in [6.07, 6.45) is 1.48. The third-order valence-corrected chi connectivity index (χ3v) is 2.53. The fraction of sp³-hybridized carbons (Fsp3) is 0.364. The number of carbonyl (C=O) groups is 2. The molecule has 0 spiro atoms. The van der Waals surface area contributed by atoms with Gasteiger partial charge in [-0.25, -0.2) is 0 Å². The highest BCUT2D eigenvalue weighted by atomic mass is 16.4. The third-order valence-electron chi connectivity index (χ3n) is 2.53. The number of aliphatic carboxylic acids is 1. The number of carboxylic acids is 1. The third kappa shape index (κ3) is 3.19. The van der Waals surface area contributed by atoms with Crippen LogP contribution in [0.4, 0.5) is 0 Å². The minimum Gasteiger partial charge on any atom is -0.480 e. The zero-order valence-electron chi connectivity index (χ0n) is 10.8.